The van der Waals surface area contributed by atoms with Crippen molar-refractivity contribution in [2.75, 3.05) is 0 Å². The number of hydrogen-bond donors (Lipinski definition) is 0. The third-order valence-corrected chi connectivity index (χ3v) is 4.49. The minimum Gasteiger partial charge on any atom is -0.234 e. The fourth-order valence-electron chi connectivity index (χ4n) is 1.81. The molecule has 0 saturated heterocycles. The lowest BCUT2D eigenvalue weighted by molar-refractivity contribution is 0.650. The standard InChI is InChI=1S/C15H18N2OS/c1-15(2,3)19(18)17-14(13-9-12(13)10-16)11-7-5-4-6-8-11/h4-8,12-13H,9H2,1-3H3/t12-,13+,19-/m1/s1. The maximum atomic E-state index is 12.2. The molecule has 1 aliphatic rings. The molecule has 0 N–H and O–H groups in total. The minimum atomic E-state index is -1.29. The van der Waals surface area contributed by atoms with E-state index in [2.05, 4.69) is 10.5 Å². The second-order valence-corrected chi connectivity index (χ2v) is 7.69. The van der Waals surface area contributed by atoms with Crippen molar-refractivity contribution in [2.24, 2.45) is 16.2 Å². The van der Waals surface area contributed by atoms with Crippen LogP contribution in [0.25, 0.3) is 0 Å². The fourth-order valence-corrected chi connectivity index (χ4v) is 2.50. The van der Waals surface area contributed by atoms with Gasteiger partial charge in [0.05, 0.1) is 22.4 Å². The molecule has 1 aromatic carbocycles. The van der Waals surface area contributed by atoms with Gasteiger partial charge in [-0.1, -0.05) is 30.3 Å². The number of benzene rings is 1. The molecule has 19 heavy (non-hydrogen) atoms. The Labute approximate surface area is 117 Å². The Balaban J connectivity index is 2.35. The first-order valence-electron chi connectivity index (χ1n) is 6.39. The maximum absolute atomic E-state index is 12.2. The molecule has 1 saturated carbocycles. The topological polar surface area (TPSA) is 53.2 Å². The normalized spacial score (nSPS) is 24.6. The third kappa shape index (κ3) is 3.30. The Morgan fingerprint density at radius 2 is 2.00 bits per heavy atom. The molecular formula is C15H18N2OS. The summed E-state index contributed by atoms with van der Waals surface area (Å²) in [7, 11) is -1.29. The molecule has 0 spiro atoms. The first-order chi connectivity index (χ1) is 8.93. The smallest absolute Gasteiger partial charge is 0.145 e. The first kappa shape index (κ1) is 14.0. The van der Waals surface area contributed by atoms with Crippen LogP contribution in [0.5, 0.6) is 0 Å². The Hall–Kier alpha value is -1.47. The first-order valence-corrected chi connectivity index (χ1v) is 7.50. The fraction of sp³-hybridized carbons (Fsp3) is 0.467. The van der Waals surface area contributed by atoms with E-state index >= 15 is 0 Å². The van der Waals surface area contributed by atoms with Gasteiger partial charge in [-0.2, -0.15) is 9.66 Å². The second-order valence-electron chi connectivity index (χ2n) is 5.78. The van der Waals surface area contributed by atoms with Crippen LogP contribution in [0.4, 0.5) is 0 Å². The van der Waals surface area contributed by atoms with E-state index in [-0.39, 0.29) is 16.6 Å². The molecule has 1 aliphatic carbocycles. The second kappa shape index (κ2) is 5.26. The lowest BCUT2D eigenvalue weighted by Crippen LogP contribution is -2.21. The van der Waals surface area contributed by atoms with Crippen molar-refractivity contribution in [1.82, 2.24) is 0 Å². The van der Waals surface area contributed by atoms with Crippen molar-refractivity contribution in [3.63, 3.8) is 0 Å². The Bertz CT molecular complexity index is 552. The zero-order chi connectivity index (χ0) is 14.0. The van der Waals surface area contributed by atoms with E-state index in [4.69, 9.17) is 5.26 Å². The molecule has 0 aliphatic heterocycles. The molecule has 0 heterocycles. The molecule has 3 nitrogen and oxygen atoms in total. The van der Waals surface area contributed by atoms with E-state index in [1.165, 1.54) is 0 Å². The highest BCUT2D eigenvalue weighted by atomic mass is 32.2. The monoisotopic (exact) mass is 274 g/mol. The molecule has 4 heteroatoms. The van der Waals surface area contributed by atoms with Gasteiger partial charge in [0.1, 0.15) is 11.0 Å². The van der Waals surface area contributed by atoms with E-state index in [1.54, 1.807) is 0 Å². The van der Waals surface area contributed by atoms with E-state index < -0.39 is 11.0 Å². The number of nitrogens with zero attached hydrogens (tertiary/aromatic N) is 2. The molecule has 0 unspecified atom stereocenters. The highest BCUT2D eigenvalue weighted by molar-refractivity contribution is 7.85. The van der Waals surface area contributed by atoms with Crippen LogP contribution in [0.15, 0.2) is 34.7 Å². The molecule has 2 rings (SSSR count). The van der Waals surface area contributed by atoms with E-state index in [9.17, 15) is 4.21 Å². The van der Waals surface area contributed by atoms with Gasteiger partial charge in [-0.15, -0.1) is 0 Å². The molecular weight excluding hydrogens is 256 g/mol. The highest BCUT2D eigenvalue weighted by Gasteiger charge is 2.42. The van der Waals surface area contributed by atoms with Gasteiger partial charge in [0.25, 0.3) is 0 Å². The van der Waals surface area contributed by atoms with Crippen LogP contribution >= 0.6 is 0 Å². The van der Waals surface area contributed by atoms with Crippen molar-refractivity contribution >= 4 is 16.7 Å². The van der Waals surface area contributed by atoms with Crippen molar-refractivity contribution in [2.45, 2.75) is 31.9 Å². The number of hydrogen-bond acceptors (Lipinski definition) is 2. The van der Waals surface area contributed by atoms with Crippen LogP contribution in [0.1, 0.15) is 32.8 Å². The Kier molecular flexibility index (Phi) is 3.86. The molecule has 0 bridgehead atoms. The van der Waals surface area contributed by atoms with Gasteiger partial charge < -0.3 is 0 Å². The number of rotatable bonds is 3. The summed E-state index contributed by atoms with van der Waals surface area (Å²) in [6.07, 6.45) is 0.825. The Morgan fingerprint density at radius 3 is 2.47 bits per heavy atom. The molecule has 0 amide bonds. The van der Waals surface area contributed by atoms with Gasteiger partial charge in [0, 0.05) is 5.92 Å². The maximum Gasteiger partial charge on any atom is 0.145 e. The molecule has 0 radical (unpaired) electrons. The zero-order valence-electron chi connectivity index (χ0n) is 11.5. The highest BCUT2D eigenvalue weighted by Crippen LogP contribution is 2.41. The van der Waals surface area contributed by atoms with Crippen LogP contribution in [0.2, 0.25) is 0 Å². The van der Waals surface area contributed by atoms with Crippen LogP contribution in [-0.2, 0) is 11.0 Å². The predicted octanol–water partition coefficient (Wildman–Crippen LogP) is 3.10. The van der Waals surface area contributed by atoms with Gasteiger partial charge in [0.2, 0.25) is 0 Å². The Morgan fingerprint density at radius 1 is 1.37 bits per heavy atom. The van der Waals surface area contributed by atoms with Gasteiger partial charge in [-0.25, -0.2) is 4.21 Å². The SMILES string of the molecule is CC(C)(C)[S@@](=O)N=C(c1ccccc1)[C@H]1C[C@@H]1C#N. The summed E-state index contributed by atoms with van der Waals surface area (Å²) in [4.78, 5) is 0. The van der Waals surface area contributed by atoms with Gasteiger partial charge in [-0.05, 0) is 32.8 Å². The molecule has 1 fully saturated rings. The lowest BCUT2D eigenvalue weighted by atomic mass is 10.1. The van der Waals surface area contributed by atoms with E-state index in [1.807, 2.05) is 51.1 Å². The molecule has 100 valence electrons. The summed E-state index contributed by atoms with van der Waals surface area (Å²) in [5.41, 5.74) is 1.79. The van der Waals surface area contributed by atoms with Crippen molar-refractivity contribution in [3.05, 3.63) is 35.9 Å². The van der Waals surface area contributed by atoms with Gasteiger partial charge >= 0.3 is 0 Å². The summed E-state index contributed by atoms with van der Waals surface area (Å²) in [5.74, 6) is 0.162. The van der Waals surface area contributed by atoms with Crippen LogP contribution in [0, 0.1) is 23.2 Å². The summed E-state index contributed by atoms with van der Waals surface area (Å²) in [6.45, 7) is 5.72. The molecule has 0 aromatic heterocycles. The largest absolute Gasteiger partial charge is 0.234 e. The average Bonchev–Trinajstić information content (AvgIpc) is 3.14. The zero-order valence-corrected chi connectivity index (χ0v) is 12.3. The van der Waals surface area contributed by atoms with E-state index in [0.29, 0.717) is 0 Å². The van der Waals surface area contributed by atoms with Crippen molar-refractivity contribution in [3.8, 4) is 6.07 Å². The summed E-state index contributed by atoms with van der Waals surface area (Å²) >= 11 is 0. The van der Waals surface area contributed by atoms with Crippen molar-refractivity contribution in [1.29, 1.82) is 5.26 Å². The molecule has 1 aromatic rings. The summed E-state index contributed by atoms with van der Waals surface area (Å²) < 4.78 is 16.3. The minimum absolute atomic E-state index is 0.0240. The van der Waals surface area contributed by atoms with Crippen LogP contribution < -0.4 is 0 Å². The molecule has 3 atom stereocenters. The van der Waals surface area contributed by atoms with Crippen LogP contribution in [0.3, 0.4) is 0 Å². The van der Waals surface area contributed by atoms with Crippen LogP contribution in [-0.4, -0.2) is 14.7 Å². The predicted molar refractivity (Wildman–Crippen MR) is 78.1 cm³/mol. The lowest BCUT2D eigenvalue weighted by Gasteiger charge is -2.15. The third-order valence-electron chi connectivity index (χ3n) is 3.08. The van der Waals surface area contributed by atoms with E-state index in [0.717, 1.165) is 17.7 Å². The summed E-state index contributed by atoms with van der Waals surface area (Å²) in [5, 5.41) is 8.99. The average molecular weight is 274 g/mol. The van der Waals surface area contributed by atoms with Gasteiger partial charge in [-0.3, -0.25) is 0 Å². The quantitative estimate of drug-likeness (QED) is 0.795. The van der Waals surface area contributed by atoms with Gasteiger partial charge in [0.15, 0.2) is 0 Å². The number of nitriles is 1. The van der Waals surface area contributed by atoms with Crippen molar-refractivity contribution < 1.29 is 4.21 Å². The summed E-state index contributed by atoms with van der Waals surface area (Å²) in [6, 6.07) is 12.0.